The highest BCUT2D eigenvalue weighted by Crippen LogP contribution is 2.16. The predicted octanol–water partition coefficient (Wildman–Crippen LogP) is 3.36. The molecule has 0 saturated heterocycles. The Bertz CT molecular complexity index is 291. The van der Waals surface area contributed by atoms with Crippen molar-refractivity contribution in [2.75, 3.05) is 19.7 Å². The number of hydrogen-bond donors (Lipinski definition) is 1. The second-order valence-corrected chi connectivity index (χ2v) is 4.60. The molecule has 0 aliphatic heterocycles. The second kappa shape index (κ2) is 8.74. The molecule has 1 rings (SSSR count). The van der Waals surface area contributed by atoms with Crippen LogP contribution >= 0.6 is 15.9 Å². The monoisotopic (exact) mass is 285 g/mol. The van der Waals surface area contributed by atoms with Crippen molar-refractivity contribution in [2.24, 2.45) is 0 Å². The molecule has 0 aliphatic rings. The van der Waals surface area contributed by atoms with Gasteiger partial charge in [-0.1, -0.05) is 41.1 Å². The van der Waals surface area contributed by atoms with Crippen LogP contribution in [0.5, 0.6) is 0 Å². The van der Waals surface area contributed by atoms with Gasteiger partial charge in [0.1, 0.15) is 0 Å². The molecular formula is C13H20BrNO. The largest absolute Gasteiger partial charge is 0.377 e. The van der Waals surface area contributed by atoms with Crippen molar-refractivity contribution in [2.45, 2.75) is 26.4 Å². The Hall–Kier alpha value is -0.380. The lowest BCUT2D eigenvalue weighted by Gasteiger charge is -2.06. The zero-order valence-corrected chi connectivity index (χ0v) is 11.4. The molecule has 2 nitrogen and oxygen atoms in total. The minimum absolute atomic E-state index is 0.690. The molecule has 3 heteroatoms. The summed E-state index contributed by atoms with van der Waals surface area (Å²) in [6, 6.07) is 8.18. The minimum atomic E-state index is 0.690. The van der Waals surface area contributed by atoms with Gasteiger partial charge in [0.2, 0.25) is 0 Å². The van der Waals surface area contributed by atoms with E-state index in [0.717, 1.165) is 30.6 Å². The van der Waals surface area contributed by atoms with Crippen LogP contribution in [0.3, 0.4) is 0 Å². The number of halogens is 1. The fraction of sp³-hybridized carbons (Fsp3) is 0.538. The van der Waals surface area contributed by atoms with E-state index in [1.807, 2.05) is 18.2 Å². The first-order chi connectivity index (χ1) is 7.84. The molecule has 0 heterocycles. The number of nitrogens with one attached hydrogen (secondary N) is 1. The van der Waals surface area contributed by atoms with Gasteiger partial charge in [-0.15, -0.1) is 0 Å². The van der Waals surface area contributed by atoms with Crippen molar-refractivity contribution < 1.29 is 4.74 Å². The van der Waals surface area contributed by atoms with Gasteiger partial charge in [-0.05, 0) is 37.6 Å². The number of hydrogen-bond acceptors (Lipinski definition) is 2. The summed E-state index contributed by atoms with van der Waals surface area (Å²) in [5, 5.41) is 3.36. The smallest absolute Gasteiger partial charge is 0.0727 e. The zero-order valence-electron chi connectivity index (χ0n) is 9.84. The molecule has 0 fully saturated rings. The molecular weight excluding hydrogens is 266 g/mol. The Labute approximate surface area is 107 Å². The highest BCUT2D eigenvalue weighted by molar-refractivity contribution is 9.10. The molecule has 0 amide bonds. The van der Waals surface area contributed by atoms with Gasteiger partial charge in [0.25, 0.3) is 0 Å². The summed E-state index contributed by atoms with van der Waals surface area (Å²) >= 11 is 3.51. The average molecular weight is 286 g/mol. The Balaban J connectivity index is 2.05. The molecule has 0 aliphatic carbocycles. The molecule has 0 unspecified atom stereocenters. The average Bonchev–Trinajstić information content (AvgIpc) is 2.30. The second-order valence-electron chi connectivity index (χ2n) is 3.75. The molecule has 0 radical (unpaired) electrons. The summed E-state index contributed by atoms with van der Waals surface area (Å²) in [4.78, 5) is 0. The van der Waals surface area contributed by atoms with Crippen LogP contribution in [0, 0.1) is 0 Å². The van der Waals surface area contributed by atoms with Crippen molar-refractivity contribution in [3.63, 3.8) is 0 Å². The third kappa shape index (κ3) is 5.64. The van der Waals surface area contributed by atoms with Gasteiger partial charge < -0.3 is 10.1 Å². The first kappa shape index (κ1) is 13.7. The van der Waals surface area contributed by atoms with E-state index in [2.05, 4.69) is 34.2 Å². The van der Waals surface area contributed by atoms with Crippen molar-refractivity contribution >= 4 is 15.9 Å². The fourth-order valence-electron chi connectivity index (χ4n) is 1.40. The summed E-state index contributed by atoms with van der Waals surface area (Å²) in [5.74, 6) is 0. The molecule has 0 spiro atoms. The van der Waals surface area contributed by atoms with Crippen molar-refractivity contribution in [3.05, 3.63) is 34.3 Å². The third-order valence-electron chi connectivity index (χ3n) is 2.28. The molecule has 0 atom stereocenters. The molecule has 0 saturated carbocycles. The van der Waals surface area contributed by atoms with Crippen LogP contribution < -0.4 is 5.32 Å². The van der Waals surface area contributed by atoms with Gasteiger partial charge >= 0.3 is 0 Å². The summed E-state index contributed by atoms with van der Waals surface area (Å²) < 4.78 is 6.73. The maximum absolute atomic E-state index is 5.61. The van der Waals surface area contributed by atoms with Gasteiger partial charge in [0.05, 0.1) is 6.61 Å². The van der Waals surface area contributed by atoms with Gasteiger partial charge in [0, 0.05) is 11.1 Å². The molecule has 16 heavy (non-hydrogen) atoms. The zero-order chi connectivity index (χ0) is 11.6. The highest BCUT2D eigenvalue weighted by atomic mass is 79.9. The van der Waals surface area contributed by atoms with Gasteiger partial charge in [0.15, 0.2) is 0 Å². The molecule has 0 bridgehead atoms. The van der Waals surface area contributed by atoms with Crippen molar-refractivity contribution in [1.29, 1.82) is 0 Å². The standard InChI is InChI=1S/C13H20BrNO/c1-2-8-15-9-5-10-16-11-12-6-3-4-7-13(12)14/h3-4,6-7,15H,2,5,8-11H2,1H3. The van der Waals surface area contributed by atoms with Gasteiger partial charge in [-0.3, -0.25) is 0 Å². The van der Waals surface area contributed by atoms with Crippen LogP contribution in [0.2, 0.25) is 0 Å². The number of benzene rings is 1. The maximum atomic E-state index is 5.61. The SMILES string of the molecule is CCCNCCCOCc1ccccc1Br. The van der Waals surface area contributed by atoms with Crippen LogP contribution in [0.4, 0.5) is 0 Å². The first-order valence-electron chi connectivity index (χ1n) is 5.86. The van der Waals surface area contributed by atoms with Gasteiger partial charge in [-0.2, -0.15) is 0 Å². The fourth-order valence-corrected chi connectivity index (χ4v) is 1.80. The molecule has 1 N–H and O–H groups in total. The number of rotatable bonds is 8. The Morgan fingerprint density at radius 3 is 2.81 bits per heavy atom. The maximum Gasteiger partial charge on any atom is 0.0727 e. The Kier molecular flexibility index (Phi) is 7.47. The normalized spacial score (nSPS) is 10.6. The topological polar surface area (TPSA) is 21.3 Å². The summed E-state index contributed by atoms with van der Waals surface area (Å²) in [6.07, 6.45) is 2.27. The van der Waals surface area contributed by atoms with Crippen LogP contribution in [-0.4, -0.2) is 19.7 Å². The summed E-state index contributed by atoms with van der Waals surface area (Å²) in [7, 11) is 0. The van der Waals surface area contributed by atoms with E-state index < -0.39 is 0 Å². The highest BCUT2D eigenvalue weighted by Gasteiger charge is 1.97. The van der Waals surface area contributed by atoms with E-state index >= 15 is 0 Å². The predicted molar refractivity (Wildman–Crippen MR) is 71.6 cm³/mol. The lowest BCUT2D eigenvalue weighted by Crippen LogP contribution is -2.17. The van der Waals surface area contributed by atoms with Crippen LogP contribution in [0.15, 0.2) is 28.7 Å². The van der Waals surface area contributed by atoms with E-state index in [0.29, 0.717) is 6.61 Å². The van der Waals surface area contributed by atoms with Crippen molar-refractivity contribution in [3.8, 4) is 0 Å². The minimum Gasteiger partial charge on any atom is -0.377 e. The third-order valence-corrected chi connectivity index (χ3v) is 3.06. The lowest BCUT2D eigenvalue weighted by molar-refractivity contribution is 0.118. The van der Waals surface area contributed by atoms with E-state index in [9.17, 15) is 0 Å². The van der Waals surface area contributed by atoms with E-state index in [1.54, 1.807) is 0 Å². The first-order valence-corrected chi connectivity index (χ1v) is 6.65. The van der Waals surface area contributed by atoms with E-state index in [1.165, 1.54) is 12.0 Å². The van der Waals surface area contributed by atoms with Crippen LogP contribution in [0.1, 0.15) is 25.3 Å². The summed E-state index contributed by atoms with van der Waals surface area (Å²) in [5.41, 5.74) is 1.21. The lowest BCUT2D eigenvalue weighted by atomic mass is 10.2. The molecule has 0 aromatic heterocycles. The number of ether oxygens (including phenoxy) is 1. The van der Waals surface area contributed by atoms with E-state index in [-0.39, 0.29) is 0 Å². The van der Waals surface area contributed by atoms with Crippen LogP contribution in [-0.2, 0) is 11.3 Å². The van der Waals surface area contributed by atoms with Gasteiger partial charge in [-0.25, -0.2) is 0 Å². The van der Waals surface area contributed by atoms with Crippen LogP contribution in [0.25, 0.3) is 0 Å². The Morgan fingerprint density at radius 2 is 2.06 bits per heavy atom. The molecule has 90 valence electrons. The summed E-state index contributed by atoms with van der Waals surface area (Å²) in [6.45, 7) is 5.83. The molecule has 1 aromatic rings. The Morgan fingerprint density at radius 1 is 1.25 bits per heavy atom. The van der Waals surface area contributed by atoms with Crippen molar-refractivity contribution in [1.82, 2.24) is 5.32 Å². The van der Waals surface area contributed by atoms with E-state index in [4.69, 9.17) is 4.74 Å². The quantitative estimate of drug-likeness (QED) is 0.740. The molecule has 1 aromatic carbocycles.